The first kappa shape index (κ1) is 26.2. The second-order valence-corrected chi connectivity index (χ2v) is 9.13. The first-order chi connectivity index (χ1) is 16.3. The average Bonchev–Trinajstić information content (AvgIpc) is 2.82. The lowest BCUT2D eigenvalue weighted by atomic mass is 10.0. The third-order valence-electron chi connectivity index (χ3n) is 5.12. The lowest BCUT2D eigenvalue weighted by Gasteiger charge is -2.31. The zero-order valence-electron chi connectivity index (χ0n) is 18.2. The van der Waals surface area contributed by atoms with E-state index in [1.807, 2.05) is 30.3 Å². The first-order valence-corrected chi connectivity index (χ1v) is 11.9. The molecule has 0 aromatic heterocycles. The number of nitrogens with one attached hydrogen (secondary N) is 1. The van der Waals surface area contributed by atoms with Gasteiger partial charge in [-0.3, -0.25) is 9.59 Å². The number of ether oxygens (including phenoxy) is 1. The highest BCUT2D eigenvalue weighted by Crippen LogP contribution is 2.28. The molecule has 0 aliphatic rings. The van der Waals surface area contributed by atoms with Gasteiger partial charge in [0.2, 0.25) is 5.91 Å². The summed E-state index contributed by atoms with van der Waals surface area (Å²) in [5.41, 5.74) is 1.55. The molecule has 0 saturated heterocycles. The second-order valence-electron chi connectivity index (χ2n) is 7.44. The van der Waals surface area contributed by atoms with Crippen LogP contribution in [-0.4, -0.2) is 36.4 Å². The summed E-state index contributed by atoms with van der Waals surface area (Å²) in [6.45, 7) is -0.258. The number of carbonyl (C=O) groups is 2. The van der Waals surface area contributed by atoms with Crippen molar-refractivity contribution in [2.24, 2.45) is 0 Å². The third kappa shape index (κ3) is 7.03. The van der Waals surface area contributed by atoms with Crippen LogP contribution in [0.2, 0.25) is 20.1 Å². The van der Waals surface area contributed by atoms with Gasteiger partial charge in [-0.15, -0.1) is 0 Å². The highest BCUT2D eigenvalue weighted by atomic mass is 35.5. The Morgan fingerprint density at radius 2 is 1.56 bits per heavy atom. The monoisotopic (exact) mass is 538 g/mol. The maximum absolute atomic E-state index is 13.4. The van der Waals surface area contributed by atoms with Gasteiger partial charge in [0.15, 0.2) is 6.61 Å². The van der Waals surface area contributed by atoms with E-state index in [-0.39, 0.29) is 24.1 Å². The SMILES string of the molecule is CNC(=O)[C@H](Cc1ccccc1)N(Cc1ccc(Cl)cc1Cl)C(=O)COc1ccc(Cl)cc1Cl. The largest absolute Gasteiger partial charge is 0.482 e. The Bertz CT molecular complexity index is 1160. The van der Waals surface area contributed by atoms with E-state index in [4.69, 9.17) is 51.1 Å². The number of likely N-dealkylation sites (N-methyl/N-ethyl adjacent to an activating group) is 1. The lowest BCUT2D eigenvalue weighted by molar-refractivity contribution is -0.142. The molecule has 0 bridgehead atoms. The van der Waals surface area contributed by atoms with Crippen molar-refractivity contribution in [1.82, 2.24) is 10.2 Å². The fourth-order valence-electron chi connectivity index (χ4n) is 3.37. The van der Waals surface area contributed by atoms with E-state index in [0.717, 1.165) is 5.56 Å². The van der Waals surface area contributed by atoms with Crippen LogP contribution in [0.1, 0.15) is 11.1 Å². The Hall–Kier alpha value is -2.44. The Morgan fingerprint density at radius 3 is 2.18 bits per heavy atom. The number of amides is 2. The van der Waals surface area contributed by atoms with Gasteiger partial charge in [-0.25, -0.2) is 0 Å². The topological polar surface area (TPSA) is 58.6 Å². The number of benzene rings is 3. The van der Waals surface area contributed by atoms with Gasteiger partial charge in [-0.05, 0) is 41.5 Å². The van der Waals surface area contributed by atoms with Crippen LogP contribution in [0.5, 0.6) is 5.75 Å². The number of nitrogens with zero attached hydrogens (tertiary/aromatic N) is 1. The fraction of sp³-hybridized carbons (Fsp3) is 0.200. The van der Waals surface area contributed by atoms with Crippen LogP contribution < -0.4 is 10.1 Å². The van der Waals surface area contributed by atoms with E-state index >= 15 is 0 Å². The Labute approximate surface area is 218 Å². The molecule has 5 nitrogen and oxygen atoms in total. The van der Waals surface area contributed by atoms with Gasteiger partial charge in [0, 0.05) is 35.1 Å². The molecule has 0 saturated carbocycles. The molecule has 2 amide bonds. The standard InChI is InChI=1S/C25H22Cl4N2O3/c1-30-25(33)22(11-16-5-3-2-4-6-16)31(14-17-7-8-18(26)12-20(17)28)24(32)15-34-23-10-9-19(27)13-21(23)29/h2-10,12-13,22H,11,14-15H2,1H3,(H,30,33)/t22-/m0/s1. The minimum atomic E-state index is -0.809. The molecule has 0 aliphatic heterocycles. The van der Waals surface area contributed by atoms with E-state index < -0.39 is 11.9 Å². The molecule has 0 radical (unpaired) electrons. The van der Waals surface area contributed by atoms with Crippen molar-refractivity contribution in [3.8, 4) is 5.75 Å². The van der Waals surface area contributed by atoms with Crippen LogP contribution >= 0.6 is 46.4 Å². The lowest BCUT2D eigenvalue weighted by Crippen LogP contribution is -2.51. The van der Waals surface area contributed by atoms with Crippen LogP contribution in [-0.2, 0) is 22.6 Å². The molecular weight excluding hydrogens is 518 g/mol. The summed E-state index contributed by atoms with van der Waals surface area (Å²) in [6, 6.07) is 18.4. The summed E-state index contributed by atoms with van der Waals surface area (Å²) in [5, 5.41) is 4.25. The molecule has 1 atom stereocenters. The molecule has 9 heteroatoms. The Balaban J connectivity index is 1.91. The normalized spacial score (nSPS) is 11.6. The van der Waals surface area contributed by atoms with E-state index in [1.54, 1.807) is 30.3 Å². The van der Waals surface area contributed by atoms with E-state index in [9.17, 15) is 9.59 Å². The van der Waals surface area contributed by atoms with Crippen LogP contribution in [0.15, 0.2) is 66.7 Å². The van der Waals surface area contributed by atoms with Crippen molar-refractivity contribution in [2.75, 3.05) is 13.7 Å². The number of hydrogen-bond acceptors (Lipinski definition) is 3. The Morgan fingerprint density at radius 1 is 0.912 bits per heavy atom. The second kappa shape index (κ2) is 12.3. The summed E-state index contributed by atoms with van der Waals surface area (Å²) >= 11 is 24.5. The minimum absolute atomic E-state index is 0.0808. The predicted octanol–water partition coefficient (Wildman–Crippen LogP) is 6.07. The highest BCUT2D eigenvalue weighted by Gasteiger charge is 2.30. The van der Waals surface area contributed by atoms with Gasteiger partial charge >= 0.3 is 0 Å². The summed E-state index contributed by atoms with van der Waals surface area (Å²) in [4.78, 5) is 27.8. The molecule has 3 aromatic carbocycles. The van der Waals surface area contributed by atoms with Crippen molar-refractivity contribution in [2.45, 2.75) is 19.0 Å². The molecule has 3 rings (SSSR count). The van der Waals surface area contributed by atoms with Crippen LogP contribution in [0.25, 0.3) is 0 Å². The van der Waals surface area contributed by atoms with Gasteiger partial charge in [-0.2, -0.15) is 0 Å². The summed E-state index contributed by atoms with van der Waals surface area (Å²) in [6.07, 6.45) is 0.305. The molecule has 0 unspecified atom stereocenters. The molecule has 1 N–H and O–H groups in total. The summed E-state index contributed by atoms with van der Waals surface area (Å²) in [7, 11) is 1.53. The van der Waals surface area contributed by atoms with Gasteiger partial charge in [-0.1, -0.05) is 82.8 Å². The number of halogens is 4. The Kier molecular flexibility index (Phi) is 9.48. The fourth-order valence-corrected chi connectivity index (χ4v) is 4.30. The number of carbonyl (C=O) groups excluding carboxylic acids is 2. The van der Waals surface area contributed by atoms with E-state index in [2.05, 4.69) is 5.32 Å². The molecule has 0 spiro atoms. The zero-order chi connectivity index (χ0) is 24.7. The molecule has 34 heavy (non-hydrogen) atoms. The highest BCUT2D eigenvalue weighted by molar-refractivity contribution is 6.35. The third-order valence-corrected chi connectivity index (χ3v) is 6.24. The predicted molar refractivity (Wildman–Crippen MR) is 137 cm³/mol. The first-order valence-electron chi connectivity index (χ1n) is 10.3. The molecule has 178 valence electrons. The molecular formula is C25H22Cl4N2O3. The van der Waals surface area contributed by atoms with Crippen molar-refractivity contribution in [3.05, 3.63) is 97.9 Å². The number of rotatable bonds is 9. The van der Waals surface area contributed by atoms with E-state index in [0.29, 0.717) is 32.8 Å². The quantitative estimate of drug-likeness (QED) is 0.359. The summed E-state index contributed by atoms with van der Waals surface area (Å²) in [5.74, 6) is -0.420. The van der Waals surface area contributed by atoms with Gasteiger partial charge < -0.3 is 15.0 Å². The minimum Gasteiger partial charge on any atom is -0.482 e. The van der Waals surface area contributed by atoms with Crippen molar-refractivity contribution in [3.63, 3.8) is 0 Å². The van der Waals surface area contributed by atoms with Crippen molar-refractivity contribution in [1.29, 1.82) is 0 Å². The zero-order valence-corrected chi connectivity index (χ0v) is 21.3. The summed E-state index contributed by atoms with van der Waals surface area (Å²) < 4.78 is 5.67. The van der Waals surface area contributed by atoms with Gasteiger partial charge in [0.05, 0.1) is 5.02 Å². The van der Waals surface area contributed by atoms with Crippen molar-refractivity contribution >= 4 is 58.2 Å². The molecule has 0 aliphatic carbocycles. The smallest absolute Gasteiger partial charge is 0.261 e. The average molecular weight is 540 g/mol. The van der Waals surface area contributed by atoms with Crippen LogP contribution in [0.3, 0.4) is 0 Å². The van der Waals surface area contributed by atoms with Crippen molar-refractivity contribution < 1.29 is 14.3 Å². The van der Waals surface area contributed by atoms with E-state index in [1.165, 1.54) is 18.0 Å². The number of hydrogen-bond donors (Lipinski definition) is 1. The maximum atomic E-state index is 13.4. The molecule has 3 aromatic rings. The van der Waals surface area contributed by atoms with Crippen LogP contribution in [0.4, 0.5) is 0 Å². The molecule has 0 fully saturated rings. The van der Waals surface area contributed by atoms with Crippen LogP contribution in [0, 0.1) is 0 Å². The van der Waals surface area contributed by atoms with Gasteiger partial charge in [0.1, 0.15) is 11.8 Å². The van der Waals surface area contributed by atoms with Gasteiger partial charge in [0.25, 0.3) is 5.91 Å². The molecule has 0 heterocycles. The maximum Gasteiger partial charge on any atom is 0.261 e.